The summed E-state index contributed by atoms with van der Waals surface area (Å²) in [5.74, 6) is 0. The van der Waals surface area contributed by atoms with E-state index < -0.39 is 12.2 Å². The molecule has 0 amide bonds. The molecule has 1 fully saturated rings. The van der Waals surface area contributed by atoms with Gasteiger partial charge in [0.25, 0.3) is 0 Å². The molecule has 0 bridgehead atoms. The smallest absolute Gasteiger partial charge is 0.374 e. The standard InChI is InChI=1S/C14H19F3N2O/c1-10(18)12-9-19(7-8-20-12)13(14(15,16)17)11-5-3-2-4-6-11/h2-6,10,12-13H,7-9,18H2,1H3. The largest absolute Gasteiger partial charge is 0.408 e. The average Bonchev–Trinajstić information content (AvgIpc) is 2.39. The second kappa shape index (κ2) is 6.11. The minimum Gasteiger partial charge on any atom is -0.374 e. The van der Waals surface area contributed by atoms with Gasteiger partial charge in [0.15, 0.2) is 0 Å². The van der Waals surface area contributed by atoms with Gasteiger partial charge in [-0.1, -0.05) is 30.3 Å². The van der Waals surface area contributed by atoms with Gasteiger partial charge in [0.05, 0.1) is 12.7 Å². The maximum absolute atomic E-state index is 13.4. The lowest BCUT2D eigenvalue weighted by atomic mass is 10.0. The zero-order chi connectivity index (χ0) is 14.8. The predicted molar refractivity (Wildman–Crippen MR) is 70.2 cm³/mol. The van der Waals surface area contributed by atoms with Gasteiger partial charge in [0, 0.05) is 19.1 Å². The van der Waals surface area contributed by atoms with Gasteiger partial charge in [-0.25, -0.2) is 0 Å². The Hall–Kier alpha value is -1.11. The maximum Gasteiger partial charge on any atom is 0.408 e. The minimum absolute atomic E-state index is 0.191. The Morgan fingerprint density at radius 2 is 1.95 bits per heavy atom. The number of rotatable bonds is 3. The Balaban J connectivity index is 2.24. The van der Waals surface area contributed by atoms with Crippen molar-refractivity contribution in [3.8, 4) is 0 Å². The van der Waals surface area contributed by atoms with E-state index in [0.717, 1.165) is 0 Å². The van der Waals surface area contributed by atoms with E-state index in [-0.39, 0.29) is 37.4 Å². The second-order valence-electron chi connectivity index (χ2n) is 5.12. The number of hydrogen-bond donors (Lipinski definition) is 1. The fraction of sp³-hybridized carbons (Fsp3) is 0.571. The number of nitrogens with zero attached hydrogens (tertiary/aromatic N) is 1. The first-order valence-corrected chi connectivity index (χ1v) is 6.62. The molecule has 1 aromatic rings. The van der Waals surface area contributed by atoms with Gasteiger partial charge in [-0.3, -0.25) is 4.90 Å². The lowest BCUT2D eigenvalue weighted by molar-refractivity contribution is -0.200. The van der Waals surface area contributed by atoms with Gasteiger partial charge in [-0.2, -0.15) is 13.2 Å². The molecule has 3 nitrogen and oxygen atoms in total. The lowest BCUT2D eigenvalue weighted by Crippen LogP contribution is -2.52. The molecule has 1 heterocycles. The van der Waals surface area contributed by atoms with Crippen LogP contribution in [0.1, 0.15) is 18.5 Å². The number of benzene rings is 1. The van der Waals surface area contributed by atoms with Gasteiger partial charge in [-0.15, -0.1) is 0 Å². The molecule has 3 atom stereocenters. The number of halogens is 3. The summed E-state index contributed by atoms with van der Waals surface area (Å²) in [7, 11) is 0. The van der Waals surface area contributed by atoms with Crippen LogP contribution in [0.2, 0.25) is 0 Å². The van der Waals surface area contributed by atoms with Crippen LogP contribution in [0.25, 0.3) is 0 Å². The topological polar surface area (TPSA) is 38.5 Å². The van der Waals surface area contributed by atoms with E-state index in [1.807, 2.05) is 0 Å². The third-order valence-electron chi connectivity index (χ3n) is 3.50. The van der Waals surface area contributed by atoms with Gasteiger partial charge >= 0.3 is 6.18 Å². The van der Waals surface area contributed by atoms with Crippen molar-refractivity contribution in [2.75, 3.05) is 19.7 Å². The van der Waals surface area contributed by atoms with E-state index in [0.29, 0.717) is 0 Å². The van der Waals surface area contributed by atoms with E-state index in [2.05, 4.69) is 0 Å². The molecular weight excluding hydrogens is 269 g/mol. The molecule has 2 rings (SSSR count). The van der Waals surface area contributed by atoms with Crippen molar-refractivity contribution in [3.05, 3.63) is 35.9 Å². The van der Waals surface area contributed by atoms with Crippen LogP contribution in [-0.2, 0) is 4.74 Å². The van der Waals surface area contributed by atoms with Crippen LogP contribution < -0.4 is 5.73 Å². The monoisotopic (exact) mass is 288 g/mol. The number of morpholine rings is 1. The van der Waals surface area contributed by atoms with Crippen molar-refractivity contribution >= 4 is 0 Å². The average molecular weight is 288 g/mol. The second-order valence-corrected chi connectivity index (χ2v) is 5.12. The van der Waals surface area contributed by atoms with Crippen molar-refractivity contribution in [2.24, 2.45) is 5.73 Å². The van der Waals surface area contributed by atoms with Crippen LogP contribution in [0.4, 0.5) is 13.2 Å². The fourth-order valence-corrected chi connectivity index (χ4v) is 2.49. The van der Waals surface area contributed by atoms with Crippen molar-refractivity contribution < 1.29 is 17.9 Å². The van der Waals surface area contributed by atoms with Crippen LogP contribution in [0.5, 0.6) is 0 Å². The first-order chi connectivity index (χ1) is 9.39. The van der Waals surface area contributed by atoms with Gasteiger partial charge in [-0.05, 0) is 12.5 Å². The van der Waals surface area contributed by atoms with Crippen LogP contribution in [0.15, 0.2) is 30.3 Å². The Morgan fingerprint density at radius 1 is 1.30 bits per heavy atom. The number of nitrogens with two attached hydrogens (primary N) is 1. The summed E-state index contributed by atoms with van der Waals surface area (Å²) >= 11 is 0. The number of hydrogen-bond acceptors (Lipinski definition) is 3. The summed E-state index contributed by atoms with van der Waals surface area (Å²) in [5.41, 5.74) is 6.00. The highest BCUT2D eigenvalue weighted by atomic mass is 19.4. The SMILES string of the molecule is CC(N)C1CN(C(c2ccccc2)C(F)(F)F)CCO1. The predicted octanol–water partition coefficient (Wildman–Crippen LogP) is 2.34. The molecule has 112 valence electrons. The molecule has 1 aromatic carbocycles. The van der Waals surface area contributed by atoms with E-state index in [1.165, 1.54) is 17.0 Å². The highest BCUT2D eigenvalue weighted by Gasteiger charge is 2.46. The summed E-state index contributed by atoms with van der Waals surface area (Å²) in [6.45, 7) is 2.46. The molecule has 1 aliphatic rings. The summed E-state index contributed by atoms with van der Waals surface area (Å²) in [4.78, 5) is 1.41. The Kier molecular flexibility index (Phi) is 4.67. The molecule has 20 heavy (non-hydrogen) atoms. The third-order valence-corrected chi connectivity index (χ3v) is 3.50. The molecule has 1 aliphatic heterocycles. The summed E-state index contributed by atoms with van der Waals surface area (Å²) < 4.78 is 45.6. The van der Waals surface area contributed by atoms with Crippen LogP contribution in [-0.4, -0.2) is 42.9 Å². The highest BCUT2D eigenvalue weighted by molar-refractivity contribution is 5.20. The summed E-state index contributed by atoms with van der Waals surface area (Å²) in [6.07, 6.45) is -4.68. The Labute approximate surface area is 116 Å². The molecule has 6 heteroatoms. The molecule has 0 aliphatic carbocycles. The van der Waals surface area contributed by atoms with E-state index in [4.69, 9.17) is 10.5 Å². The summed E-state index contributed by atoms with van der Waals surface area (Å²) in [6, 6.07) is 6.08. The van der Waals surface area contributed by atoms with Crippen molar-refractivity contribution in [1.29, 1.82) is 0 Å². The Bertz CT molecular complexity index is 422. The normalized spacial score (nSPS) is 24.4. The first kappa shape index (κ1) is 15.3. The quantitative estimate of drug-likeness (QED) is 0.928. The summed E-state index contributed by atoms with van der Waals surface area (Å²) in [5, 5.41) is 0. The van der Waals surface area contributed by atoms with E-state index in [1.54, 1.807) is 25.1 Å². The Morgan fingerprint density at radius 3 is 2.50 bits per heavy atom. The first-order valence-electron chi connectivity index (χ1n) is 6.62. The van der Waals surface area contributed by atoms with Crippen LogP contribution >= 0.6 is 0 Å². The van der Waals surface area contributed by atoms with Gasteiger partial charge in [0.1, 0.15) is 6.04 Å². The maximum atomic E-state index is 13.4. The molecule has 0 aromatic heterocycles. The van der Waals surface area contributed by atoms with Crippen LogP contribution in [0.3, 0.4) is 0 Å². The van der Waals surface area contributed by atoms with E-state index in [9.17, 15) is 13.2 Å². The molecule has 0 radical (unpaired) electrons. The number of alkyl halides is 3. The van der Waals surface area contributed by atoms with Gasteiger partial charge in [0.2, 0.25) is 0 Å². The molecule has 3 unspecified atom stereocenters. The van der Waals surface area contributed by atoms with Crippen molar-refractivity contribution in [1.82, 2.24) is 4.90 Å². The molecule has 0 spiro atoms. The third kappa shape index (κ3) is 3.50. The highest BCUT2D eigenvalue weighted by Crippen LogP contribution is 2.38. The molecule has 1 saturated heterocycles. The zero-order valence-electron chi connectivity index (χ0n) is 11.3. The minimum atomic E-state index is -4.32. The number of ether oxygens (including phenoxy) is 1. The molecule has 0 saturated carbocycles. The van der Waals surface area contributed by atoms with E-state index >= 15 is 0 Å². The van der Waals surface area contributed by atoms with Gasteiger partial charge < -0.3 is 10.5 Å². The zero-order valence-corrected chi connectivity index (χ0v) is 11.3. The fourth-order valence-electron chi connectivity index (χ4n) is 2.49. The molecular formula is C14H19F3N2O. The van der Waals surface area contributed by atoms with Crippen molar-refractivity contribution in [3.63, 3.8) is 0 Å². The van der Waals surface area contributed by atoms with Crippen LogP contribution in [0, 0.1) is 0 Å². The van der Waals surface area contributed by atoms with Crippen molar-refractivity contribution in [2.45, 2.75) is 31.3 Å². The molecule has 2 N–H and O–H groups in total. The lowest BCUT2D eigenvalue weighted by Gasteiger charge is -2.40.